The second kappa shape index (κ2) is 13.8. The van der Waals surface area contributed by atoms with Gasteiger partial charge in [-0.15, -0.1) is 0 Å². The molecule has 1 aromatic heterocycles. The zero-order chi connectivity index (χ0) is 33.3. The molecule has 2 saturated heterocycles. The summed E-state index contributed by atoms with van der Waals surface area (Å²) in [6.07, 6.45) is 7.02. The minimum absolute atomic E-state index is 0.0409. The summed E-state index contributed by atoms with van der Waals surface area (Å²) in [6, 6.07) is 9.92. The third-order valence-electron chi connectivity index (χ3n) is 9.72. The topological polar surface area (TPSA) is 118 Å². The first-order valence-corrected chi connectivity index (χ1v) is 18.3. The second-order valence-electron chi connectivity index (χ2n) is 12.8. The smallest absolute Gasteiger partial charge is 0.257 e. The van der Waals surface area contributed by atoms with Gasteiger partial charge in [-0.25, -0.2) is 12.8 Å². The lowest BCUT2D eigenvalue weighted by molar-refractivity contribution is -0.254. The summed E-state index contributed by atoms with van der Waals surface area (Å²) < 4.78 is 49.3. The van der Waals surface area contributed by atoms with Crippen molar-refractivity contribution in [1.29, 1.82) is 0 Å². The number of amides is 1. The van der Waals surface area contributed by atoms with E-state index < -0.39 is 33.2 Å². The molecule has 3 heterocycles. The Kier molecular flexibility index (Phi) is 9.87. The molecule has 1 amide bonds. The lowest BCUT2D eigenvalue weighted by Gasteiger charge is -2.50. The van der Waals surface area contributed by atoms with E-state index in [1.807, 2.05) is 40.8 Å². The molecule has 2 aliphatic heterocycles. The van der Waals surface area contributed by atoms with E-state index >= 15 is 4.39 Å². The van der Waals surface area contributed by atoms with Crippen LogP contribution in [-0.4, -0.2) is 90.4 Å². The first kappa shape index (κ1) is 33.7. The number of benzene rings is 2. The maximum Gasteiger partial charge on any atom is 0.257 e. The number of halogens is 2. The van der Waals surface area contributed by atoms with Crippen LogP contribution < -0.4 is 5.32 Å². The normalized spacial score (nSPS) is 23.4. The van der Waals surface area contributed by atoms with Crippen LogP contribution >= 0.6 is 11.6 Å². The van der Waals surface area contributed by atoms with Crippen molar-refractivity contribution in [2.24, 2.45) is 13.0 Å². The number of hydrogen-bond donors (Lipinski definition) is 1. The van der Waals surface area contributed by atoms with E-state index in [1.54, 1.807) is 11.1 Å². The van der Waals surface area contributed by atoms with Crippen molar-refractivity contribution >= 4 is 56.0 Å². The number of fused-ring (bicyclic) bond motifs is 1. The SMILES string of the molecule is Cn1cc(C(=O)Nc2cc(F)c(CC(=O)C(O[C@H]3CC[C@H]([C]=O)CC3)(N3CCCC3)N3CCS(=O)(=O)CC3)cc2Cl)c2ccccc21. The van der Waals surface area contributed by atoms with E-state index in [2.05, 4.69) is 11.6 Å². The fourth-order valence-corrected chi connectivity index (χ4v) is 8.59. The number of likely N-dealkylation sites (tertiary alicyclic amines) is 1. The minimum Gasteiger partial charge on any atom is -0.350 e. The van der Waals surface area contributed by atoms with Crippen molar-refractivity contribution in [2.75, 3.05) is 43.0 Å². The molecule has 10 nitrogen and oxygen atoms in total. The first-order chi connectivity index (χ1) is 22.5. The van der Waals surface area contributed by atoms with Crippen LogP contribution in [0.4, 0.5) is 10.1 Å². The fourth-order valence-electron chi connectivity index (χ4n) is 7.15. The van der Waals surface area contributed by atoms with Gasteiger partial charge in [0.25, 0.3) is 5.91 Å². The molecule has 13 heteroatoms. The number of carbonyl (C=O) groups excluding carboxylic acids is 3. The number of anilines is 1. The third kappa shape index (κ3) is 6.89. The van der Waals surface area contributed by atoms with Crippen molar-refractivity contribution in [3.63, 3.8) is 0 Å². The first-order valence-electron chi connectivity index (χ1n) is 16.1. The third-order valence-corrected chi connectivity index (χ3v) is 11.6. The highest BCUT2D eigenvalue weighted by atomic mass is 35.5. The Morgan fingerprint density at radius 3 is 2.38 bits per heavy atom. The number of carbonyl (C=O) groups is 2. The number of Topliss-reactive ketones (excluding diaryl/α,β-unsaturated/α-hetero) is 1. The van der Waals surface area contributed by atoms with Gasteiger partial charge in [0, 0.05) is 62.7 Å². The molecule has 3 aromatic rings. The Labute approximate surface area is 279 Å². The van der Waals surface area contributed by atoms with E-state index in [1.165, 1.54) is 6.07 Å². The van der Waals surface area contributed by atoms with Gasteiger partial charge in [-0.3, -0.25) is 24.2 Å². The number of hydrogen-bond acceptors (Lipinski definition) is 8. The van der Waals surface area contributed by atoms with E-state index in [-0.39, 0.29) is 59.3 Å². The van der Waals surface area contributed by atoms with Crippen LogP contribution in [0, 0.1) is 11.7 Å². The van der Waals surface area contributed by atoms with Gasteiger partial charge in [-0.05, 0) is 62.3 Å². The number of para-hydroxylation sites is 1. The quantitative estimate of drug-likeness (QED) is 0.332. The van der Waals surface area contributed by atoms with Gasteiger partial charge in [0.1, 0.15) is 5.82 Å². The van der Waals surface area contributed by atoms with E-state index in [0.29, 0.717) is 44.3 Å². The molecule has 47 heavy (non-hydrogen) atoms. The molecule has 3 fully saturated rings. The summed E-state index contributed by atoms with van der Waals surface area (Å²) in [5.74, 6) is -3.58. The summed E-state index contributed by atoms with van der Waals surface area (Å²) in [5, 5.41) is 3.53. The van der Waals surface area contributed by atoms with Gasteiger partial charge in [0.2, 0.25) is 12.1 Å². The molecule has 1 atom stereocenters. The Bertz CT molecular complexity index is 1770. The number of sulfone groups is 1. The summed E-state index contributed by atoms with van der Waals surface area (Å²) in [6.45, 7) is 1.33. The van der Waals surface area contributed by atoms with Gasteiger partial charge < -0.3 is 14.6 Å². The molecule has 1 unspecified atom stereocenters. The standard InChI is InChI=1S/C34H39ClFN4O6S/c1-38-21-27(26-6-2-3-7-31(26)38)33(43)37-30-20-29(36)24(18-28(30)35)19-32(42)34(39-12-4-5-13-39,40-14-16-47(44,45)17-15-40)46-25-10-8-23(22-41)9-11-25/h2-3,6-7,18,20-21,23,25H,4-5,8-17,19H2,1H3,(H,37,43)/t23-,25-,34?. The van der Waals surface area contributed by atoms with Gasteiger partial charge >= 0.3 is 0 Å². The lowest BCUT2D eigenvalue weighted by Crippen LogP contribution is -2.70. The molecule has 0 bridgehead atoms. The molecule has 0 spiro atoms. The van der Waals surface area contributed by atoms with Crippen molar-refractivity contribution in [2.45, 2.75) is 56.9 Å². The summed E-state index contributed by atoms with van der Waals surface area (Å²) in [5.41, 5.74) is 1.40. The molecular weight excluding hydrogens is 647 g/mol. The van der Waals surface area contributed by atoms with E-state index in [0.717, 1.165) is 29.8 Å². The molecule has 251 valence electrons. The zero-order valence-electron chi connectivity index (χ0n) is 26.3. The molecule has 1 saturated carbocycles. The van der Waals surface area contributed by atoms with Gasteiger partial charge in [-0.2, -0.15) is 0 Å². The van der Waals surface area contributed by atoms with Crippen LogP contribution in [0.25, 0.3) is 10.9 Å². The number of ketones is 1. The van der Waals surface area contributed by atoms with E-state index in [4.69, 9.17) is 16.3 Å². The zero-order valence-corrected chi connectivity index (χ0v) is 27.9. The Morgan fingerprint density at radius 1 is 1.04 bits per heavy atom. The number of aryl methyl sites for hydroxylation is 1. The van der Waals surface area contributed by atoms with Crippen molar-refractivity contribution in [3.05, 3.63) is 64.6 Å². The van der Waals surface area contributed by atoms with Crippen molar-refractivity contribution < 1.29 is 31.9 Å². The second-order valence-corrected chi connectivity index (χ2v) is 15.5. The molecule has 6 rings (SSSR count). The van der Waals surface area contributed by atoms with Crippen molar-refractivity contribution in [3.8, 4) is 0 Å². The monoisotopic (exact) mass is 685 g/mol. The molecule has 1 N–H and O–H groups in total. The van der Waals surface area contributed by atoms with Crippen LogP contribution in [0.2, 0.25) is 5.02 Å². The van der Waals surface area contributed by atoms with Crippen molar-refractivity contribution in [1.82, 2.24) is 14.4 Å². The Balaban J connectivity index is 1.29. The van der Waals surface area contributed by atoms with Crippen LogP contribution in [0.3, 0.4) is 0 Å². The van der Waals surface area contributed by atoms with Crippen LogP contribution in [0.15, 0.2) is 42.6 Å². The molecule has 2 aromatic carbocycles. The van der Waals surface area contributed by atoms with Gasteiger partial charge in [-0.1, -0.05) is 29.8 Å². The Hall–Kier alpha value is -3.16. The maximum absolute atomic E-state index is 15.8. The Morgan fingerprint density at radius 2 is 1.70 bits per heavy atom. The number of ether oxygens (including phenoxy) is 1. The average Bonchev–Trinajstić information content (AvgIpc) is 3.72. The molecular formula is C34H39ClFN4O6S. The summed E-state index contributed by atoms with van der Waals surface area (Å²) in [7, 11) is -1.43. The molecule has 3 aliphatic rings. The van der Waals surface area contributed by atoms with Crippen LogP contribution in [-0.2, 0) is 37.6 Å². The lowest BCUT2D eigenvalue weighted by atomic mass is 9.88. The number of aromatic nitrogens is 1. The van der Waals surface area contributed by atoms with Gasteiger partial charge in [0.05, 0.1) is 33.9 Å². The highest BCUT2D eigenvalue weighted by Gasteiger charge is 2.53. The maximum atomic E-state index is 15.8. The highest BCUT2D eigenvalue weighted by molar-refractivity contribution is 7.91. The van der Waals surface area contributed by atoms with Gasteiger partial charge in [0.15, 0.2) is 15.6 Å². The summed E-state index contributed by atoms with van der Waals surface area (Å²) >= 11 is 6.60. The minimum atomic E-state index is -3.27. The predicted octanol–water partition coefficient (Wildman–Crippen LogP) is 4.50. The number of rotatable bonds is 10. The average molecular weight is 686 g/mol. The molecule has 1 aliphatic carbocycles. The number of nitrogens with zero attached hydrogens (tertiary/aromatic N) is 3. The highest BCUT2D eigenvalue weighted by Crippen LogP contribution is 2.37. The fraction of sp³-hybridized carbons (Fsp3) is 0.500. The molecule has 1 radical (unpaired) electrons. The van der Waals surface area contributed by atoms with Crippen LogP contribution in [0.5, 0.6) is 0 Å². The van der Waals surface area contributed by atoms with Crippen LogP contribution in [0.1, 0.15) is 54.4 Å². The summed E-state index contributed by atoms with van der Waals surface area (Å²) in [4.78, 5) is 42.9. The largest absolute Gasteiger partial charge is 0.350 e. The predicted molar refractivity (Wildman–Crippen MR) is 177 cm³/mol. The number of nitrogens with one attached hydrogen (secondary N) is 1. The van der Waals surface area contributed by atoms with E-state index in [9.17, 15) is 22.8 Å².